The summed E-state index contributed by atoms with van der Waals surface area (Å²) in [4.78, 5) is 2.55. The summed E-state index contributed by atoms with van der Waals surface area (Å²) in [5, 5.41) is 0. The van der Waals surface area contributed by atoms with Crippen molar-refractivity contribution in [1.82, 2.24) is 0 Å². The highest BCUT2D eigenvalue weighted by molar-refractivity contribution is 5.62. The van der Waals surface area contributed by atoms with Crippen LogP contribution in [0.2, 0.25) is 0 Å². The molecule has 3 rings (SSSR count). The van der Waals surface area contributed by atoms with Crippen LogP contribution in [0.1, 0.15) is 18.4 Å². The maximum atomic E-state index is 5.80. The van der Waals surface area contributed by atoms with Crippen LogP contribution in [-0.2, 0) is 6.42 Å². The minimum atomic E-state index is 0.666. The largest absolute Gasteiger partial charge is 0.497 e. The molecule has 0 saturated carbocycles. The van der Waals surface area contributed by atoms with E-state index in [-0.39, 0.29) is 0 Å². The van der Waals surface area contributed by atoms with Gasteiger partial charge in [-0.1, -0.05) is 0 Å². The molecule has 0 spiro atoms. The van der Waals surface area contributed by atoms with Crippen LogP contribution in [0.15, 0.2) is 18.2 Å². The fourth-order valence-electron chi connectivity index (χ4n) is 3.19. The molecule has 3 heteroatoms. The Balaban J connectivity index is 1.88. The quantitative estimate of drug-likeness (QED) is 0.845. The van der Waals surface area contributed by atoms with Gasteiger partial charge in [0.1, 0.15) is 5.75 Å². The van der Waals surface area contributed by atoms with E-state index in [1.807, 2.05) is 0 Å². The van der Waals surface area contributed by atoms with Gasteiger partial charge in [-0.2, -0.15) is 0 Å². The summed E-state index contributed by atoms with van der Waals surface area (Å²) in [5.74, 6) is 1.64. The Labute approximate surface area is 103 Å². The zero-order valence-electron chi connectivity index (χ0n) is 10.4. The molecule has 1 saturated heterocycles. The normalized spacial score (nSPS) is 26.6. The van der Waals surface area contributed by atoms with E-state index in [1.54, 1.807) is 7.11 Å². The molecule has 1 fully saturated rings. The van der Waals surface area contributed by atoms with Gasteiger partial charge in [0, 0.05) is 18.3 Å². The van der Waals surface area contributed by atoms with Crippen molar-refractivity contribution in [2.75, 3.05) is 25.1 Å². The summed E-state index contributed by atoms with van der Waals surface area (Å²) in [6.45, 7) is 1.94. The topological polar surface area (TPSA) is 38.5 Å². The third kappa shape index (κ3) is 1.78. The molecule has 0 radical (unpaired) electrons. The van der Waals surface area contributed by atoms with Crippen molar-refractivity contribution in [3.8, 4) is 5.75 Å². The molecule has 92 valence electrons. The molecule has 0 aromatic heterocycles. The van der Waals surface area contributed by atoms with E-state index in [0.29, 0.717) is 12.0 Å². The van der Waals surface area contributed by atoms with Crippen LogP contribution in [0.4, 0.5) is 5.69 Å². The van der Waals surface area contributed by atoms with E-state index in [1.165, 1.54) is 30.5 Å². The van der Waals surface area contributed by atoms with E-state index < -0.39 is 0 Å². The number of fused-ring (bicyclic) bond motifs is 3. The zero-order chi connectivity index (χ0) is 11.8. The first-order chi connectivity index (χ1) is 8.31. The third-order valence-electron chi connectivity index (χ3n) is 4.19. The van der Waals surface area contributed by atoms with Crippen molar-refractivity contribution in [3.05, 3.63) is 23.8 Å². The molecule has 1 aromatic carbocycles. The fraction of sp³-hybridized carbons (Fsp3) is 0.571. The van der Waals surface area contributed by atoms with Gasteiger partial charge in [0.2, 0.25) is 0 Å². The Morgan fingerprint density at radius 3 is 3.06 bits per heavy atom. The molecule has 0 amide bonds. The molecule has 0 bridgehead atoms. The van der Waals surface area contributed by atoms with E-state index in [4.69, 9.17) is 10.5 Å². The van der Waals surface area contributed by atoms with Crippen LogP contribution in [0, 0.1) is 5.92 Å². The summed E-state index contributed by atoms with van der Waals surface area (Å²) in [6, 6.07) is 7.14. The van der Waals surface area contributed by atoms with Gasteiger partial charge in [0.15, 0.2) is 0 Å². The Kier molecular flexibility index (Phi) is 2.71. The van der Waals surface area contributed by atoms with Crippen molar-refractivity contribution in [2.45, 2.75) is 25.3 Å². The van der Waals surface area contributed by atoms with E-state index in [0.717, 1.165) is 18.8 Å². The summed E-state index contributed by atoms with van der Waals surface area (Å²) < 4.78 is 5.30. The average molecular weight is 232 g/mol. The minimum absolute atomic E-state index is 0.666. The second-order valence-corrected chi connectivity index (χ2v) is 5.18. The SMILES string of the molecule is COc1ccc2c(c1)CC1CCC(CN)CN21. The fourth-order valence-corrected chi connectivity index (χ4v) is 3.19. The van der Waals surface area contributed by atoms with Crippen molar-refractivity contribution >= 4 is 5.69 Å². The lowest BCUT2D eigenvalue weighted by molar-refractivity contribution is 0.371. The number of nitrogens with two attached hydrogens (primary N) is 1. The van der Waals surface area contributed by atoms with Crippen molar-refractivity contribution in [2.24, 2.45) is 11.7 Å². The number of methoxy groups -OCH3 is 1. The van der Waals surface area contributed by atoms with Gasteiger partial charge in [-0.3, -0.25) is 0 Å². The van der Waals surface area contributed by atoms with Gasteiger partial charge >= 0.3 is 0 Å². The van der Waals surface area contributed by atoms with Crippen LogP contribution in [0.3, 0.4) is 0 Å². The summed E-state index contributed by atoms with van der Waals surface area (Å²) in [5.41, 5.74) is 8.64. The second-order valence-electron chi connectivity index (χ2n) is 5.18. The number of hydrogen-bond acceptors (Lipinski definition) is 3. The monoisotopic (exact) mass is 232 g/mol. The summed E-state index contributed by atoms with van der Waals surface area (Å²) >= 11 is 0. The molecule has 0 aliphatic carbocycles. The Hall–Kier alpha value is -1.22. The highest BCUT2D eigenvalue weighted by atomic mass is 16.5. The maximum Gasteiger partial charge on any atom is 0.119 e. The lowest BCUT2D eigenvalue weighted by atomic mass is 9.93. The van der Waals surface area contributed by atoms with E-state index in [2.05, 4.69) is 23.1 Å². The molecule has 17 heavy (non-hydrogen) atoms. The smallest absolute Gasteiger partial charge is 0.119 e. The highest BCUT2D eigenvalue weighted by Crippen LogP contribution is 2.39. The molecule has 2 aliphatic heterocycles. The van der Waals surface area contributed by atoms with Gasteiger partial charge in [-0.15, -0.1) is 0 Å². The molecule has 2 unspecified atom stereocenters. The number of hydrogen-bond donors (Lipinski definition) is 1. The van der Waals surface area contributed by atoms with E-state index >= 15 is 0 Å². The standard InChI is InChI=1S/C14H20N2O/c1-17-13-4-5-14-11(7-13)6-12-3-2-10(8-15)9-16(12)14/h4-5,7,10,12H,2-3,6,8-9,15H2,1H3. The highest BCUT2D eigenvalue weighted by Gasteiger charge is 2.34. The summed E-state index contributed by atoms with van der Waals surface area (Å²) in [6.07, 6.45) is 3.73. The molecule has 2 N–H and O–H groups in total. The molecule has 2 heterocycles. The lowest BCUT2D eigenvalue weighted by Crippen LogP contribution is -2.43. The van der Waals surface area contributed by atoms with Crippen molar-refractivity contribution in [1.29, 1.82) is 0 Å². The Bertz CT molecular complexity index is 419. The molecule has 1 aromatic rings. The van der Waals surface area contributed by atoms with Gasteiger partial charge in [0.05, 0.1) is 7.11 Å². The van der Waals surface area contributed by atoms with Crippen LogP contribution in [0.25, 0.3) is 0 Å². The van der Waals surface area contributed by atoms with Crippen LogP contribution in [-0.4, -0.2) is 26.2 Å². The minimum Gasteiger partial charge on any atom is -0.497 e. The maximum absolute atomic E-state index is 5.80. The van der Waals surface area contributed by atoms with Crippen molar-refractivity contribution in [3.63, 3.8) is 0 Å². The van der Waals surface area contributed by atoms with Gasteiger partial charge < -0.3 is 15.4 Å². The molecular weight excluding hydrogens is 212 g/mol. The van der Waals surface area contributed by atoms with Crippen LogP contribution >= 0.6 is 0 Å². The van der Waals surface area contributed by atoms with Crippen LogP contribution in [0.5, 0.6) is 5.75 Å². The van der Waals surface area contributed by atoms with Gasteiger partial charge in [-0.05, 0) is 55.5 Å². The zero-order valence-corrected chi connectivity index (χ0v) is 10.4. The number of piperidine rings is 1. The first kappa shape index (κ1) is 10.9. The van der Waals surface area contributed by atoms with Gasteiger partial charge in [0.25, 0.3) is 0 Å². The predicted octanol–water partition coefficient (Wildman–Crippen LogP) is 1.79. The first-order valence-electron chi connectivity index (χ1n) is 6.45. The predicted molar refractivity (Wildman–Crippen MR) is 69.6 cm³/mol. The van der Waals surface area contributed by atoms with Crippen molar-refractivity contribution < 1.29 is 4.74 Å². The number of ether oxygens (including phenoxy) is 1. The first-order valence-corrected chi connectivity index (χ1v) is 6.45. The Morgan fingerprint density at radius 2 is 2.29 bits per heavy atom. The van der Waals surface area contributed by atoms with E-state index in [9.17, 15) is 0 Å². The lowest BCUT2D eigenvalue weighted by Gasteiger charge is -2.36. The average Bonchev–Trinajstić information content (AvgIpc) is 2.74. The molecular formula is C14H20N2O. The molecule has 3 nitrogen and oxygen atoms in total. The molecule has 2 atom stereocenters. The number of benzene rings is 1. The number of anilines is 1. The second kappa shape index (κ2) is 4.22. The Morgan fingerprint density at radius 1 is 1.41 bits per heavy atom. The number of rotatable bonds is 2. The number of nitrogens with zero attached hydrogens (tertiary/aromatic N) is 1. The summed E-state index contributed by atoms with van der Waals surface area (Å²) in [7, 11) is 1.73. The van der Waals surface area contributed by atoms with Gasteiger partial charge in [-0.25, -0.2) is 0 Å². The van der Waals surface area contributed by atoms with Crippen LogP contribution < -0.4 is 15.4 Å². The third-order valence-corrected chi connectivity index (χ3v) is 4.19. The molecule has 2 aliphatic rings.